The Kier molecular flexibility index (Phi) is 10.1. The van der Waals surface area contributed by atoms with E-state index in [2.05, 4.69) is 66.7 Å². The minimum absolute atomic E-state index is 0. The second kappa shape index (κ2) is 11.8. The average molecular weight is 452 g/mol. The summed E-state index contributed by atoms with van der Waals surface area (Å²) in [4.78, 5) is 8.86. The number of aliphatic imine (C=N–C) groups is 1. The Morgan fingerprint density at radius 2 is 1.92 bits per heavy atom. The molecule has 0 bridgehead atoms. The number of halogens is 1. The number of pyridine rings is 1. The van der Waals surface area contributed by atoms with Crippen molar-refractivity contribution in [1.82, 2.24) is 15.6 Å². The molecule has 0 saturated carbocycles. The molecule has 0 saturated heterocycles. The lowest BCUT2D eigenvalue weighted by Crippen LogP contribution is -2.38. The van der Waals surface area contributed by atoms with Crippen LogP contribution in [-0.4, -0.2) is 30.6 Å². The van der Waals surface area contributed by atoms with Crippen LogP contribution in [0.2, 0.25) is 0 Å². The number of aromatic nitrogens is 1. The van der Waals surface area contributed by atoms with Gasteiger partial charge in [-0.05, 0) is 43.0 Å². The summed E-state index contributed by atoms with van der Waals surface area (Å²) in [5, 5.41) is 6.74. The molecule has 1 heterocycles. The monoisotopic (exact) mass is 452 g/mol. The van der Waals surface area contributed by atoms with E-state index in [1.165, 1.54) is 16.7 Å². The summed E-state index contributed by atoms with van der Waals surface area (Å²) in [5.74, 6) is 1.29. The van der Waals surface area contributed by atoms with Crippen LogP contribution >= 0.6 is 24.0 Å². The van der Waals surface area contributed by atoms with Gasteiger partial charge in [-0.3, -0.25) is 9.98 Å². The van der Waals surface area contributed by atoms with Crippen molar-refractivity contribution in [3.05, 3.63) is 65.5 Å². The van der Waals surface area contributed by atoms with Gasteiger partial charge < -0.3 is 10.6 Å². The van der Waals surface area contributed by atoms with Gasteiger partial charge in [-0.1, -0.05) is 37.3 Å². The molecule has 2 N–H and O–H groups in total. The lowest BCUT2D eigenvalue weighted by atomic mass is 10.0. The minimum atomic E-state index is 0. The van der Waals surface area contributed by atoms with Crippen LogP contribution in [0.25, 0.3) is 0 Å². The van der Waals surface area contributed by atoms with E-state index in [1.54, 1.807) is 0 Å². The van der Waals surface area contributed by atoms with Gasteiger partial charge in [0.25, 0.3) is 0 Å². The molecule has 0 fully saturated rings. The summed E-state index contributed by atoms with van der Waals surface area (Å²) in [7, 11) is 0. The van der Waals surface area contributed by atoms with E-state index in [0.717, 1.165) is 32.0 Å². The fraction of sp³-hybridized carbons (Fsp3) is 0.400. The summed E-state index contributed by atoms with van der Waals surface area (Å²) >= 11 is 0. The van der Waals surface area contributed by atoms with E-state index in [-0.39, 0.29) is 24.0 Å². The number of aryl methyl sites for hydroxylation is 1. The van der Waals surface area contributed by atoms with Crippen LogP contribution in [0.15, 0.2) is 53.8 Å². The molecule has 2 rings (SSSR count). The minimum Gasteiger partial charge on any atom is -0.357 e. The molecule has 4 nitrogen and oxygen atoms in total. The van der Waals surface area contributed by atoms with Gasteiger partial charge in [-0.25, -0.2) is 0 Å². The standard InChI is InChI=1S/C20H28N4.HI/c1-4-22-20(23-13-11-19-10-12-21-14-16(19)2)24-15-17(3)18-8-6-5-7-9-18;/h5-10,12,14,17H,4,11,13,15H2,1-3H3,(H2,22,23,24);1H. The van der Waals surface area contributed by atoms with Gasteiger partial charge in [0.15, 0.2) is 5.96 Å². The third-order valence-electron chi connectivity index (χ3n) is 4.06. The van der Waals surface area contributed by atoms with Crippen LogP contribution in [0, 0.1) is 6.92 Å². The van der Waals surface area contributed by atoms with Crippen molar-refractivity contribution in [2.45, 2.75) is 33.1 Å². The van der Waals surface area contributed by atoms with Gasteiger partial charge in [0.05, 0.1) is 0 Å². The molecule has 0 radical (unpaired) electrons. The first-order valence-corrected chi connectivity index (χ1v) is 8.67. The second-order valence-electron chi connectivity index (χ2n) is 6.01. The normalized spacial score (nSPS) is 12.2. The van der Waals surface area contributed by atoms with Crippen LogP contribution in [0.4, 0.5) is 0 Å². The van der Waals surface area contributed by atoms with Crippen LogP contribution in [0.1, 0.15) is 36.5 Å². The molecule has 1 unspecified atom stereocenters. The van der Waals surface area contributed by atoms with Crippen LogP contribution in [0.5, 0.6) is 0 Å². The van der Waals surface area contributed by atoms with E-state index in [0.29, 0.717) is 5.92 Å². The quantitative estimate of drug-likeness (QED) is 0.381. The Bertz CT molecular complexity index is 643. The van der Waals surface area contributed by atoms with Gasteiger partial charge in [0.2, 0.25) is 0 Å². The molecule has 1 aromatic heterocycles. The summed E-state index contributed by atoms with van der Waals surface area (Å²) in [6.07, 6.45) is 4.73. The molecule has 136 valence electrons. The van der Waals surface area contributed by atoms with E-state index in [1.807, 2.05) is 18.5 Å². The molecule has 5 heteroatoms. The van der Waals surface area contributed by atoms with Crippen LogP contribution in [-0.2, 0) is 6.42 Å². The Morgan fingerprint density at radius 3 is 2.60 bits per heavy atom. The lowest BCUT2D eigenvalue weighted by Gasteiger charge is -2.14. The summed E-state index contributed by atoms with van der Waals surface area (Å²) in [6, 6.07) is 12.6. The molecule has 1 atom stereocenters. The first kappa shape index (κ1) is 21.4. The number of nitrogens with zero attached hydrogens (tertiary/aromatic N) is 2. The zero-order valence-electron chi connectivity index (χ0n) is 15.3. The Labute approximate surface area is 168 Å². The highest BCUT2D eigenvalue weighted by Crippen LogP contribution is 2.14. The number of hydrogen-bond donors (Lipinski definition) is 2. The predicted octanol–water partition coefficient (Wildman–Crippen LogP) is 3.91. The van der Waals surface area contributed by atoms with Crippen molar-refractivity contribution >= 4 is 29.9 Å². The zero-order chi connectivity index (χ0) is 17.2. The molecule has 1 aromatic carbocycles. The van der Waals surface area contributed by atoms with Crippen molar-refractivity contribution in [3.63, 3.8) is 0 Å². The fourth-order valence-electron chi connectivity index (χ4n) is 2.56. The highest BCUT2D eigenvalue weighted by atomic mass is 127. The number of nitrogens with one attached hydrogen (secondary N) is 2. The zero-order valence-corrected chi connectivity index (χ0v) is 17.7. The molecule has 0 amide bonds. The summed E-state index contributed by atoms with van der Waals surface area (Å²) < 4.78 is 0. The van der Waals surface area contributed by atoms with Crippen molar-refractivity contribution in [2.75, 3.05) is 19.6 Å². The SMILES string of the molecule is CCNC(=NCC(C)c1ccccc1)NCCc1ccncc1C.I. The second-order valence-corrected chi connectivity index (χ2v) is 6.01. The van der Waals surface area contributed by atoms with Gasteiger partial charge in [-0.2, -0.15) is 0 Å². The number of hydrogen-bond acceptors (Lipinski definition) is 2. The highest BCUT2D eigenvalue weighted by molar-refractivity contribution is 14.0. The smallest absolute Gasteiger partial charge is 0.191 e. The number of benzene rings is 1. The van der Waals surface area contributed by atoms with Crippen molar-refractivity contribution in [1.29, 1.82) is 0 Å². The van der Waals surface area contributed by atoms with E-state index in [4.69, 9.17) is 4.99 Å². The van der Waals surface area contributed by atoms with Crippen LogP contribution in [0.3, 0.4) is 0 Å². The van der Waals surface area contributed by atoms with Crippen molar-refractivity contribution < 1.29 is 0 Å². The van der Waals surface area contributed by atoms with Crippen molar-refractivity contribution in [2.24, 2.45) is 4.99 Å². The molecule has 0 aliphatic rings. The average Bonchev–Trinajstić information content (AvgIpc) is 2.61. The van der Waals surface area contributed by atoms with Crippen molar-refractivity contribution in [3.8, 4) is 0 Å². The van der Waals surface area contributed by atoms with Crippen LogP contribution < -0.4 is 10.6 Å². The third-order valence-corrected chi connectivity index (χ3v) is 4.06. The topological polar surface area (TPSA) is 49.3 Å². The molecule has 25 heavy (non-hydrogen) atoms. The maximum atomic E-state index is 4.73. The van der Waals surface area contributed by atoms with E-state index < -0.39 is 0 Å². The molecular weight excluding hydrogens is 423 g/mol. The molecule has 0 aliphatic heterocycles. The molecular formula is C20H29IN4. The maximum absolute atomic E-state index is 4.73. The van der Waals surface area contributed by atoms with Gasteiger partial charge >= 0.3 is 0 Å². The Balaban J connectivity index is 0.00000312. The van der Waals surface area contributed by atoms with Gasteiger partial charge in [0.1, 0.15) is 0 Å². The Hall–Kier alpha value is -1.63. The molecule has 0 aliphatic carbocycles. The summed E-state index contributed by atoms with van der Waals surface area (Å²) in [5.41, 5.74) is 3.88. The number of guanidine groups is 1. The largest absolute Gasteiger partial charge is 0.357 e. The Morgan fingerprint density at radius 1 is 1.16 bits per heavy atom. The molecule has 2 aromatic rings. The van der Waals surface area contributed by atoms with E-state index >= 15 is 0 Å². The molecule has 0 spiro atoms. The predicted molar refractivity (Wildman–Crippen MR) is 117 cm³/mol. The number of rotatable bonds is 7. The summed E-state index contributed by atoms with van der Waals surface area (Å²) in [6.45, 7) is 8.89. The van der Waals surface area contributed by atoms with E-state index in [9.17, 15) is 0 Å². The third kappa shape index (κ3) is 7.42. The lowest BCUT2D eigenvalue weighted by molar-refractivity contribution is 0.745. The highest BCUT2D eigenvalue weighted by Gasteiger charge is 2.05. The first-order chi connectivity index (χ1) is 11.7. The van der Waals surface area contributed by atoms with Gasteiger partial charge in [0, 0.05) is 37.9 Å². The first-order valence-electron chi connectivity index (χ1n) is 8.67. The maximum Gasteiger partial charge on any atom is 0.191 e. The van der Waals surface area contributed by atoms with Gasteiger partial charge in [-0.15, -0.1) is 24.0 Å². The fourth-order valence-corrected chi connectivity index (χ4v) is 2.56.